The van der Waals surface area contributed by atoms with Gasteiger partial charge in [-0.05, 0) is 36.4 Å². The molecule has 4 atom stereocenters. The number of fused-ring (bicyclic) bond motifs is 1. The quantitative estimate of drug-likeness (QED) is 0.821. The lowest BCUT2D eigenvalue weighted by Crippen LogP contribution is -2.39. The molecule has 2 aliphatic heterocycles. The van der Waals surface area contributed by atoms with Crippen LogP contribution >= 0.6 is 11.8 Å². The normalized spacial score (nSPS) is 28.2. The van der Waals surface area contributed by atoms with E-state index in [9.17, 15) is 19.2 Å². The van der Waals surface area contributed by atoms with Crippen molar-refractivity contribution in [2.24, 2.45) is 11.8 Å². The van der Waals surface area contributed by atoms with E-state index in [-0.39, 0.29) is 10.7 Å². The number of hydrogen-bond donors (Lipinski definition) is 1. The fourth-order valence-corrected chi connectivity index (χ4v) is 4.78. The molecule has 4 unspecified atom stereocenters. The predicted octanol–water partition coefficient (Wildman–Crippen LogP) is 2.92. The number of benzene rings is 1. The molecule has 2 amide bonds. The van der Waals surface area contributed by atoms with Crippen LogP contribution in [0.5, 0.6) is 0 Å². The number of halogens is 1. The van der Waals surface area contributed by atoms with Gasteiger partial charge in [-0.2, -0.15) is 5.26 Å². The molecule has 2 saturated heterocycles. The molecular weight excluding hydrogens is 357 g/mol. The Bertz CT molecular complexity index is 936. The first-order valence-electron chi connectivity index (χ1n) is 7.84. The van der Waals surface area contributed by atoms with Crippen molar-refractivity contribution >= 4 is 34.3 Å². The van der Waals surface area contributed by atoms with E-state index < -0.39 is 40.6 Å². The van der Waals surface area contributed by atoms with Crippen molar-refractivity contribution < 1.29 is 18.4 Å². The third-order valence-corrected chi connectivity index (χ3v) is 5.93. The molecule has 3 heterocycles. The summed E-state index contributed by atoms with van der Waals surface area (Å²) in [5.74, 6) is -3.39. The molecule has 2 aliphatic rings. The Morgan fingerprint density at radius 3 is 2.50 bits per heavy atom. The Morgan fingerprint density at radius 1 is 1.15 bits per heavy atom. The van der Waals surface area contributed by atoms with Gasteiger partial charge in [-0.1, -0.05) is 11.8 Å². The number of imide groups is 1. The first-order chi connectivity index (χ1) is 12.5. The lowest BCUT2D eigenvalue weighted by Gasteiger charge is -2.32. The minimum absolute atomic E-state index is 0.0391. The fourth-order valence-electron chi connectivity index (χ4n) is 3.52. The summed E-state index contributed by atoms with van der Waals surface area (Å²) in [6.45, 7) is 0. The second-order valence-corrected chi connectivity index (χ2v) is 7.25. The molecular formula is C18H12FN3O3S. The highest BCUT2D eigenvalue weighted by Gasteiger charge is 2.59. The molecule has 0 aliphatic carbocycles. The van der Waals surface area contributed by atoms with Crippen LogP contribution in [0.3, 0.4) is 0 Å². The first kappa shape index (κ1) is 16.5. The first-order valence-corrected chi connectivity index (χ1v) is 8.72. The lowest BCUT2D eigenvalue weighted by atomic mass is 9.79. The van der Waals surface area contributed by atoms with Crippen LogP contribution in [0.4, 0.5) is 10.1 Å². The number of nitriles is 1. The number of rotatable bonds is 2. The number of furan rings is 1. The second-order valence-electron chi connectivity index (χ2n) is 6.06. The molecule has 0 radical (unpaired) electrons. The van der Waals surface area contributed by atoms with Gasteiger partial charge in [0, 0.05) is 0 Å². The van der Waals surface area contributed by atoms with Crippen molar-refractivity contribution in [2.75, 3.05) is 4.90 Å². The standard InChI is InChI=1S/C18H12FN3O3S/c19-9-3-5-10(6-4-9)22-17(23)14-13(12-2-1-7-25-12)11(8-20)16(21)26-15(14)18(22)24/h1-7,11,13-15,21H. The molecule has 0 spiro atoms. The SMILES string of the molecule is N#CC1C(=N)SC2C(=O)N(c3ccc(F)cc3)C(=O)C2C1c1ccco1. The third-order valence-electron chi connectivity index (χ3n) is 4.67. The maximum Gasteiger partial charge on any atom is 0.248 e. The highest BCUT2D eigenvalue weighted by Crippen LogP contribution is 2.50. The molecule has 1 aromatic heterocycles. The van der Waals surface area contributed by atoms with Crippen molar-refractivity contribution in [1.82, 2.24) is 0 Å². The third kappa shape index (κ3) is 2.35. The molecule has 6 nitrogen and oxygen atoms in total. The summed E-state index contributed by atoms with van der Waals surface area (Å²) in [5.41, 5.74) is 0.273. The van der Waals surface area contributed by atoms with Crippen molar-refractivity contribution in [3.8, 4) is 6.07 Å². The zero-order chi connectivity index (χ0) is 18.4. The van der Waals surface area contributed by atoms with Gasteiger partial charge in [0.2, 0.25) is 11.8 Å². The van der Waals surface area contributed by atoms with E-state index in [0.29, 0.717) is 5.76 Å². The van der Waals surface area contributed by atoms with E-state index >= 15 is 0 Å². The molecule has 2 fully saturated rings. The lowest BCUT2D eigenvalue weighted by molar-refractivity contribution is -0.122. The van der Waals surface area contributed by atoms with Crippen LogP contribution < -0.4 is 4.90 Å². The maximum absolute atomic E-state index is 13.2. The number of carbonyl (C=O) groups excluding carboxylic acids is 2. The van der Waals surface area contributed by atoms with Gasteiger partial charge < -0.3 is 4.42 Å². The summed E-state index contributed by atoms with van der Waals surface area (Å²) >= 11 is 0.937. The van der Waals surface area contributed by atoms with Crippen LogP contribution in [0.15, 0.2) is 47.1 Å². The number of nitrogens with one attached hydrogen (secondary N) is 1. The van der Waals surface area contributed by atoms with E-state index in [1.54, 1.807) is 12.1 Å². The average molecular weight is 369 g/mol. The van der Waals surface area contributed by atoms with E-state index in [0.717, 1.165) is 16.7 Å². The summed E-state index contributed by atoms with van der Waals surface area (Å²) < 4.78 is 18.6. The Kier molecular flexibility index (Phi) is 3.89. The van der Waals surface area contributed by atoms with E-state index in [1.807, 2.05) is 0 Å². The summed E-state index contributed by atoms with van der Waals surface area (Å²) in [6, 6.07) is 10.4. The summed E-state index contributed by atoms with van der Waals surface area (Å²) in [5, 5.41) is 16.9. The van der Waals surface area contributed by atoms with Crippen LogP contribution in [0.25, 0.3) is 0 Å². The number of nitrogens with zero attached hydrogens (tertiary/aromatic N) is 2. The second kappa shape index (κ2) is 6.11. The van der Waals surface area contributed by atoms with Gasteiger partial charge >= 0.3 is 0 Å². The Balaban J connectivity index is 1.80. The number of hydrogen-bond acceptors (Lipinski definition) is 6. The smallest absolute Gasteiger partial charge is 0.248 e. The van der Waals surface area contributed by atoms with Crippen molar-refractivity contribution in [1.29, 1.82) is 10.7 Å². The largest absolute Gasteiger partial charge is 0.469 e. The minimum Gasteiger partial charge on any atom is -0.469 e. The van der Waals surface area contributed by atoms with Crippen LogP contribution in [-0.2, 0) is 9.59 Å². The topological polar surface area (TPSA) is 98.2 Å². The summed E-state index contributed by atoms with van der Waals surface area (Å²) in [4.78, 5) is 27.0. The highest BCUT2D eigenvalue weighted by molar-refractivity contribution is 8.15. The van der Waals surface area contributed by atoms with E-state index in [2.05, 4.69) is 6.07 Å². The van der Waals surface area contributed by atoms with Crippen molar-refractivity contribution in [2.45, 2.75) is 11.2 Å². The van der Waals surface area contributed by atoms with Crippen LogP contribution in [-0.4, -0.2) is 22.1 Å². The number of amides is 2. The fraction of sp³-hybridized carbons (Fsp3) is 0.222. The molecule has 2 aromatic rings. The van der Waals surface area contributed by atoms with Gasteiger partial charge in [0.15, 0.2) is 0 Å². The van der Waals surface area contributed by atoms with Gasteiger partial charge in [-0.3, -0.25) is 15.0 Å². The molecule has 1 N–H and O–H groups in total. The predicted molar refractivity (Wildman–Crippen MR) is 92.0 cm³/mol. The zero-order valence-corrected chi connectivity index (χ0v) is 14.1. The molecule has 8 heteroatoms. The highest BCUT2D eigenvalue weighted by atomic mass is 32.2. The minimum atomic E-state index is -0.864. The molecule has 0 bridgehead atoms. The van der Waals surface area contributed by atoms with Crippen molar-refractivity contribution in [3.63, 3.8) is 0 Å². The Hall–Kier alpha value is -2.92. The maximum atomic E-state index is 13.2. The number of thioether (sulfide) groups is 1. The van der Waals surface area contributed by atoms with Gasteiger partial charge in [-0.25, -0.2) is 9.29 Å². The number of carbonyl (C=O) groups is 2. The van der Waals surface area contributed by atoms with Gasteiger partial charge in [-0.15, -0.1) is 0 Å². The number of anilines is 1. The molecule has 4 rings (SSSR count). The van der Waals surface area contributed by atoms with E-state index in [4.69, 9.17) is 9.83 Å². The molecule has 130 valence electrons. The van der Waals surface area contributed by atoms with Crippen LogP contribution in [0.2, 0.25) is 0 Å². The van der Waals surface area contributed by atoms with Gasteiger partial charge in [0.25, 0.3) is 0 Å². The van der Waals surface area contributed by atoms with Gasteiger partial charge in [0.05, 0.1) is 34.9 Å². The molecule has 1 aromatic carbocycles. The molecule has 0 saturated carbocycles. The summed E-state index contributed by atoms with van der Waals surface area (Å²) in [7, 11) is 0. The monoisotopic (exact) mass is 369 g/mol. The van der Waals surface area contributed by atoms with E-state index in [1.165, 1.54) is 30.5 Å². The molecule has 26 heavy (non-hydrogen) atoms. The average Bonchev–Trinajstić information content (AvgIpc) is 3.23. The Morgan fingerprint density at radius 2 is 1.88 bits per heavy atom. The van der Waals surface area contributed by atoms with Crippen molar-refractivity contribution in [3.05, 3.63) is 54.2 Å². The van der Waals surface area contributed by atoms with Crippen LogP contribution in [0, 0.1) is 34.4 Å². The van der Waals surface area contributed by atoms with Gasteiger partial charge in [0.1, 0.15) is 22.7 Å². The summed E-state index contributed by atoms with van der Waals surface area (Å²) in [6.07, 6.45) is 1.43. The Labute approximate surface area is 152 Å². The zero-order valence-electron chi connectivity index (χ0n) is 13.3. The van der Waals surface area contributed by atoms with Crippen LogP contribution in [0.1, 0.15) is 11.7 Å².